The minimum Gasteiger partial charge on any atom is -0.502 e. The molecule has 0 aliphatic carbocycles. The molecule has 0 radical (unpaired) electrons. The van der Waals surface area contributed by atoms with Crippen LogP contribution in [0.15, 0.2) is 30.0 Å². The van der Waals surface area contributed by atoms with E-state index in [-0.39, 0.29) is 25.2 Å². The van der Waals surface area contributed by atoms with Crippen molar-refractivity contribution in [3.63, 3.8) is 0 Å². The highest BCUT2D eigenvalue weighted by molar-refractivity contribution is 6.03. The zero-order valence-electron chi connectivity index (χ0n) is 13.2. The van der Waals surface area contributed by atoms with Crippen molar-refractivity contribution in [2.75, 3.05) is 13.2 Å². The van der Waals surface area contributed by atoms with Gasteiger partial charge in [0.2, 0.25) is 0 Å². The molecule has 0 heterocycles. The van der Waals surface area contributed by atoms with Gasteiger partial charge in [0.1, 0.15) is 0 Å². The maximum absolute atomic E-state index is 11.8. The monoisotopic (exact) mass is 352 g/mol. The van der Waals surface area contributed by atoms with Gasteiger partial charge in [-0.15, -0.1) is 0 Å². The molecule has 0 saturated carbocycles. The number of esters is 2. The summed E-state index contributed by atoms with van der Waals surface area (Å²) in [6, 6.07) is 3.06. The molecular formula is C16H16O9. The average molecular weight is 352 g/mol. The van der Waals surface area contributed by atoms with Gasteiger partial charge >= 0.3 is 23.9 Å². The second kappa shape index (κ2) is 9.06. The van der Waals surface area contributed by atoms with Crippen molar-refractivity contribution in [1.29, 1.82) is 0 Å². The maximum Gasteiger partial charge on any atom is 0.373 e. The van der Waals surface area contributed by atoms with Gasteiger partial charge in [-0.05, 0) is 31.2 Å². The number of carbonyl (C=O) groups excluding carboxylic acids is 2. The molecule has 3 N–H and O–H groups in total. The summed E-state index contributed by atoms with van der Waals surface area (Å²) in [6.45, 7) is 1.24. The molecule has 0 aromatic heterocycles. The fourth-order valence-electron chi connectivity index (χ4n) is 1.70. The number of benzene rings is 1. The van der Waals surface area contributed by atoms with E-state index in [1.807, 2.05) is 0 Å². The topological polar surface area (TPSA) is 147 Å². The van der Waals surface area contributed by atoms with Gasteiger partial charge in [-0.25, -0.2) is 19.2 Å². The fraction of sp³-hybridized carbons (Fsp3) is 0.250. The van der Waals surface area contributed by atoms with Crippen molar-refractivity contribution < 1.29 is 44.0 Å². The number of rotatable bonds is 8. The predicted molar refractivity (Wildman–Crippen MR) is 82.6 cm³/mol. The van der Waals surface area contributed by atoms with Gasteiger partial charge in [-0.2, -0.15) is 0 Å². The molecule has 25 heavy (non-hydrogen) atoms. The largest absolute Gasteiger partial charge is 0.502 e. The third-order valence-electron chi connectivity index (χ3n) is 2.95. The third-order valence-corrected chi connectivity index (χ3v) is 2.95. The Morgan fingerprint density at radius 2 is 1.56 bits per heavy atom. The Labute approximate surface area is 142 Å². The van der Waals surface area contributed by atoms with E-state index in [4.69, 9.17) is 20.1 Å². The lowest BCUT2D eigenvalue weighted by atomic mass is 10.0. The molecule has 9 heteroatoms. The van der Waals surface area contributed by atoms with Gasteiger partial charge in [0.25, 0.3) is 0 Å². The van der Waals surface area contributed by atoms with E-state index >= 15 is 0 Å². The molecule has 1 aromatic rings. The summed E-state index contributed by atoms with van der Waals surface area (Å²) in [6.07, 6.45) is 1.33. The molecule has 134 valence electrons. The van der Waals surface area contributed by atoms with E-state index in [1.165, 1.54) is 13.0 Å². The van der Waals surface area contributed by atoms with E-state index in [0.29, 0.717) is 0 Å². The smallest absolute Gasteiger partial charge is 0.373 e. The van der Waals surface area contributed by atoms with Crippen molar-refractivity contribution in [2.45, 2.75) is 13.3 Å². The molecule has 0 atom stereocenters. The molecule has 1 rings (SSSR count). The van der Waals surface area contributed by atoms with Crippen LogP contribution in [0.25, 0.3) is 0 Å². The summed E-state index contributed by atoms with van der Waals surface area (Å²) in [7, 11) is 0. The fourth-order valence-corrected chi connectivity index (χ4v) is 1.70. The van der Waals surface area contributed by atoms with Crippen LogP contribution >= 0.6 is 0 Å². The highest BCUT2D eigenvalue weighted by atomic mass is 16.6. The number of ether oxygens (including phenoxy) is 2. The summed E-state index contributed by atoms with van der Waals surface area (Å²) < 4.78 is 9.57. The Kier molecular flexibility index (Phi) is 7.14. The van der Waals surface area contributed by atoms with Crippen molar-refractivity contribution in [2.24, 2.45) is 0 Å². The number of hydrogen-bond acceptors (Lipinski definition) is 7. The summed E-state index contributed by atoms with van der Waals surface area (Å²) in [4.78, 5) is 45.0. The van der Waals surface area contributed by atoms with Crippen LogP contribution in [0, 0.1) is 0 Å². The maximum atomic E-state index is 11.8. The first kappa shape index (κ1) is 19.7. The second-order valence-corrected chi connectivity index (χ2v) is 4.67. The van der Waals surface area contributed by atoms with E-state index < -0.39 is 40.8 Å². The van der Waals surface area contributed by atoms with Crippen LogP contribution in [0.2, 0.25) is 0 Å². The first-order valence-electron chi connectivity index (χ1n) is 7.08. The highest BCUT2D eigenvalue weighted by Gasteiger charge is 2.19. The lowest BCUT2D eigenvalue weighted by Crippen LogP contribution is -2.14. The normalized spacial score (nSPS) is 10.8. The zero-order chi connectivity index (χ0) is 19.0. The first-order chi connectivity index (χ1) is 11.8. The standard InChI is InChI=1S/C16H16O9/c1-2-12(17)16(23)25-7-3-6-24-15(22)9-4-5-10(13(18)19)11(8-9)14(20)21/h2,4-5,8,17H,3,6-7H2,1H3,(H,18,19)(H,20,21). The number of carboxylic acids is 2. The highest BCUT2D eigenvalue weighted by Crippen LogP contribution is 2.14. The number of hydrogen-bond donors (Lipinski definition) is 3. The molecule has 0 amide bonds. The van der Waals surface area contributed by atoms with Crippen LogP contribution in [0.3, 0.4) is 0 Å². The summed E-state index contributed by atoms with van der Waals surface area (Å²) in [5.74, 6) is -5.19. The van der Waals surface area contributed by atoms with E-state index in [0.717, 1.165) is 18.2 Å². The van der Waals surface area contributed by atoms with Crippen LogP contribution < -0.4 is 0 Å². The molecule has 0 saturated heterocycles. The Hall–Kier alpha value is -3.36. The molecular weight excluding hydrogens is 336 g/mol. The molecule has 0 aliphatic heterocycles. The third kappa shape index (κ3) is 5.65. The first-order valence-corrected chi connectivity index (χ1v) is 7.08. The van der Waals surface area contributed by atoms with E-state index in [9.17, 15) is 19.2 Å². The number of carboxylic acid groups (broad SMARTS) is 2. The molecule has 0 spiro atoms. The Morgan fingerprint density at radius 3 is 2.12 bits per heavy atom. The van der Waals surface area contributed by atoms with Crippen molar-refractivity contribution in [1.82, 2.24) is 0 Å². The number of aliphatic hydroxyl groups is 1. The number of aliphatic hydroxyl groups excluding tert-OH is 1. The average Bonchev–Trinajstić information content (AvgIpc) is 2.59. The summed E-state index contributed by atoms with van der Waals surface area (Å²) in [5, 5.41) is 27.0. The van der Waals surface area contributed by atoms with Crippen molar-refractivity contribution in [3.05, 3.63) is 46.7 Å². The van der Waals surface area contributed by atoms with Crippen LogP contribution in [0.5, 0.6) is 0 Å². The van der Waals surface area contributed by atoms with Crippen LogP contribution in [0.1, 0.15) is 44.4 Å². The zero-order valence-corrected chi connectivity index (χ0v) is 13.2. The second-order valence-electron chi connectivity index (χ2n) is 4.67. The predicted octanol–water partition coefficient (Wildman–Crippen LogP) is 1.63. The van der Waals surface area contributed by atoms with Gasteiger partial charge in [0.05, 0.1) is 29.9 Å². The number of allylic oxidation sites excluding steroid dienone is 1. The summed E-state index contributed by atoms with van der Waals surface area (Å²) >= 11 is 0. The van der Waals surface area contributed by atoms with Gasteiger partial charge in [-0.3, -0.25) is 0 Å². The van der Waals surface area contributed by atoms with Crippen LogP contribution in [0.4, 0.5) is 0 Å². The number of carbonyl (C=O) groups is 4. The lowest BCUT2D eigenvalue weighted by Gasteiger charge is -2.07. The Bertz CT molecular complexity index is 718. The van der Waals surface area contributed by atoms with Crippen molar-refractivity contribution >= 4 is 23.9 Å². The van der Waals surface area contributed by atoms with Crippen LogP contribution in [-0.2, 0) is 14.3 Å². The lowest BCUT2D eigenvalue weighted by molar-refractivity contribution is -0.142. The van der Waals surface area contributed by atoms with Gasteiger partial charge in [0.15, 0.2) is 5.76 Å². The summed E-state index contributed by atoms with van der Waals surface area (Å²) in [5.41, 5.74) is -1.09. The molecule has 0 bridgehead atoms. The van der Waals surface area contributed by atoms with E-state index in [1.54, 1.807) is 0 Å². The molecule has 0 fully saturated rings. The molecule has 0 aliphatic rings. The minimum atomic E-state index is -1.48. The van der Waals surface area contributed by atoms with Crippen molar-refractivity contribution in [3.8, 4) is 0 Å². The number of aromatic carboxylic acids is 2. The minimum absolute atomic E-state index is 0.0949. The van der Waals surface area contributed by atoms with E-state index in [2.05, 4.69) is 4.74 Å². The van der Waals surface area contributed by atoms with Gasteiger partial charge in [0, 0.05) is 6.42 Å². The quantitative estimate of drug-likeness (QED) is 0.275. The SMILES string of the molecule is CC=C(O)C(=O)OCCCOC(=O)c1ccc(C(=O)O)c(C(=O)O)c1. The molecule has 0 unspecified atom stereocenters. The van der Waals surface area contributed by atoms with Gasteiger partial charge < -0.3 is 24.8 Å². The molecule has 9 nitrogen and oxygen atoms in total. The van der Waals surface area contributed by atoms with Gasteiger partial charge in [-0.1, -0.05) is 0 Å². The Morgan fingerprint density at radius 1 is 0.960 bits per heavy atom. The Balaban J connectivity index is 2.58. The van der Waals surface area contributed by atoms with Crippen LogP contribution in [-0.4, -0.2) is 52.4 Å². The molecule has 1 aromatic carbocycles.